The smallest absolute Gasteiger partial charge is 0.237 e. The molecule has 1 amide bonds. The highest BCUT2D eigenvalue weighted by Gasteiger charge is 2.30. The topological polar surface area (TPSA) is 69.0 Å². The summed E-state index contributed by atoms with van der Waals surface area (Å²) in [5, 5.41) is 11.9. The second-order valence-electron chi connectivity index (χ2n) is 5.81. The number of amides is 1. The molecule has 0 radical (unpaired) electrons. The van der Waals surface area contributed by atoms with Gasteiger partial charge in [0.25, 0.3) is 0 Å². The van der Waals surface area contributed by atoms with Crippen LogP contribution in [0.4, 0.5) is 5.69 Å². The van der Waals surface area contributed by atoms with E-state index < -0.39 is 0 Å². The van der Waals surface area contributed by atoms with Crippen molar-refractivity contribution in [2.45, 2.75) is 50.1 Å². The van der Waals surface area contributed by atoms with Crippen LogP contribution >= 0.6 is 11.8 Å². The summed E-state index contributed by atoms with van der Waals surface area (Å²) in [5.41, 5.74) is 0.691. The number of nitrogens with one attached hydrogen (secondary N) is 1. The SMILES string of the molecule is CCOc1ccccc1NC(=O)[C@H](C)Sc1nnc(C)n1C1CC1. The molecule has 24 heavy (non-hydrogen) atoms. The molecule has 128 valence electrons. The van der Waals surface area contributed by atoms with Crippen LogP contribution in [-0.4, -0.2) is 32.5 Å². The molecule has 1 heterocycles. The summed E-state index contributed by atoms with van der Waals surface area (Å²) in [6.45, 7) is 6.31. The van der Waals surface area contributed by atoms with Gasteiger partial charge in [-0.25, -0.2) is 0 Å². The summed E-state index contributed by atoms with van der Waals surface area (Å²) in [7, 11) is 0. The van der Waals surface area contributed by atoms with Crippen molar-refractivity contribution >= 4 is 23.4 Å². The molecule has 3 rings (SSSR count). The number of nitrogens with zero attached hydrogens (tertiary/aromatic N) is 3. The average Bonchev–Trinajstić information content (AvgIpc) is 3.33. The molecule has 1 aromatic carbocycles. The number of thioether (sulfide) groups is 1. The normalized spacial score (nSPS) is 15.1. The van der Waals surface area contributed by atoms with E-state index in [4.69, 9.17) is 4.74 Å². The predicted octanol–water partition coefficient (Wildman–Crippen LogP) is 3.44. The number of hydrogen-bond donors (Lipinski definition) is 1. The van der Waals surface area contributed by atoms with Crippen LogP contribution in [0.1, 0.15) is 38.6 Å². The summed E-state index contributed by atoms with van der Waals surface area (Å²) < 4.78 is 7.69. The monoisotopic (exact) mass is 346 g/mol. The largest absolute Gasteiger partial charge is 0.492 e. The molecule has 1 fully saturated rings. The molecule has 1 N–H and O–H groups in total. The zero-order valence-electron chi connectivity index (χ0n) is 14.2. The molecule has 0 aliphatic heterocycles. The number of carbonyl (C=O) groups is 1. The lowest BCUT2D eigenvalue weighted by molar-refractivity contribution is -0.115. The van der Waals surface area contributed by atoms with Crippen molar-refractivity contribution in [3.05, 3.63) is 30.1 Å². The van der Waals surface area contributed by atoms with Crippen LogP contribution in [0.2, 0.25) is 0 Å². The lowest BCUT2D eigenvalue weighted by atomic mass is 10.3. The molecule has 1 saturated carbocycles. The van der Waals surface area contributed by atoms with E-state index in [-0.39, 0.29) is 11.2 Å². The van der Waals surface area contributed by atoms with E-state index >= 15 is 0 Å². The van der Waals surface area contributed by atoms with Crippen LogP contribution in [-0.2, 0) is 4.79 Å². The Morgan fingerprint density at radius 1 is 1.42 bits per heavy atom. The van der Waals surface area contributed by atoms with Crippen molar-refractivity contribution in [3.8, 4) is 5.75 Å². The Labute approximate surface area is 146 Å². The predicted molar refractivity (Wildman–Crippen MR) is 94.6 cm³/mol. The third-order valence-electron chi connectivity index (χ3n) is 3.84. The number of aromatic nitrogens is 3. The highest BCUT2D eigenvalue weighted by Crippen LogP contribution is 2.39. The quantitative estimate of drug-likeness (QED) is 0.778. The number of aryl methyl sites for hydroxylation is 1. The van der Waals surface area contributed by atoms with Gasteiger partial charge in [-0.05, 0) is 45.7 Å². The van der Waals surface area contributed by atoms with Crippen molar-refractivity contribution in [2.75, 3.05) is 11.9 Å². The van der Waals surface area contributed by atoms with Crippen LogP contribution in [0.5, 0.6) is 5.75 Å². The second-order valence-corrected chi connectivity index (χ2v) is 7.12. The first-order chi connectivity index (χ1) is 11.6. The van der Waals surface area contributed by atoms with E-state index in [2.05, 4.69) is 20.1 Å². The number of benzene rings is 1. The molecular formula is C17H22N4O2S. The lowest BCUT2D eigenvalue weighted by Gasteiger charge is -2.15. The fourth-order valence-corrected chi connectivity index (χ4v) is 3.45. The van der Waals surface area contributed by atoms with Crippen LogP contribution < -0.4 is 10.1 Å². The minimum atomic E-state index is -0.277. The highest BCUT2D eigenvalue weighted by molar-refractivity contribution is 8.00. The van der Waals surface area contributed by atoms with Crippen molar-refractivity contribution in [1.29, 1.82) is 0 Å². The zero-order chi connectivity index (χ0) is 17.1. The number of anilines is 1. The first-order valence-electron chi connectivity index (χ1n) is 8.21. The van der Waals surface area contributed by atoms with Crippen molar-refractivity contribution in [2.24, 2.45) is 0 Å². The maximum absolute atomic E-state index is 12.5. The average molecular weight is 346 g/mol. The first kappa shape index (κ1) is 16.8. The minimum absolute atomic E-state index is 0.0739. The van der Waals surface area contributed by atoms with E-state index in [9.17, 15) is 4.79 Å². The highest BCUT2D eigenvalue weighted by atomic mass is 32.2. The molecule has 0 saturated heterocycles. The molecule has 0 bridgehead atoms. The van der Waals surface area contributed by atoms with Gasteiger partial charge in [-0.1, -0.05) is 23.9 Å². The molecule has 0 unspecified atom stereocenters. The maximum atomic E-state index is 12.5. The van der Waals surface area contributed by atoms with Gasteiger partial charge in [-0.15, -0.1) is 10.2 Å². The van der Waals surface area contributed by atoms with E-state index in [0.717, 1.165) is 23.8 Å². The molecule has 2 aromatic rings. The standard InChI is InChI=1S/C17H22N4O2S/c1-4-23-15-8-6-5-7-14(15)18-16(22)11(2)24-17-20-19-12(3)21(17)13-9-10-13/h5-8,11,13H,4,9-10H2,1-3H3,(H,18,22)/t11-/m0/s1. The zero-order valence-corrected chi connectivity index (χ0v) is 15.0. The molecule has 0 spiro atoms. The fraction of sp³-hybridized carbons (Fsp3) is 0.471. The third-order valence-corrected chi connectivity index (χ3v) is 4.90. The van der Waals surface area contributed by atoms with Crippen LogP contribution in [0.15, 0.2) is 29.4 Å². The van der Waals surface area contributed by atoms with Crippen molar-refractivity contribution in [3.63, 3.8) is 0 Å². The third kappa shape index (κ3) is 3.72. The maximum Gasteiger partial charge on any atom is 0.237 e. The Hall–Kier alpha value is -2.02. The van der Waals surface area contributed by atoms with Gasteiger partial charge >= 0.3 is 0 Å². The summed E-state index contributed by atoms with van der Waals surface area (Å²) in [6.07, 6.45) is 2.32. The summed E-state index contributed by atoms with van der Waals surface area (Å²) >= 11 is 1.44. The summed E-state index contributed by atoms with van der Waals surface area (Å²) in [5.74, 6) is 1.52. The van der Waals surface area contributed by atoms with Gasteiger partial charge < -0.3 is 14.6 Å². The van der Waals surface area contributed by atoms with E-state index in [0.29, 0.717) is 24.1 Å². The Kier molecular flexibility index (Phi) is 5.08. The fourth-order valence-electron chi connectivity index (χ4n) is 2.48. The Balaban J connectivity index is 1.67. The Morgan fingerprint density at radius 3 is 2.88 bits per heavy atom. The lowest BCUT2D eigenvalue weighted by Crippen LogP contribution is -2.23. The number of hydrogen-bond acceptors (Lipinski definition) is 5. The van der Waals surface area contributed by atoms with Gasteiger partial charge in [0.15, 0.2) is 5.16 Å². The van der Waals surface area contributed by atoms with Gasteiger partial charge in [-0.3, -0.25) is 4.79 Å². The first-order valence-corrected chi connectivity index (χ1v) is 9.09. The molecular weight excluding hydrogens is 324 g/mol. The van der Waals surface area contributed by atoms with Crippen molar-refractivity contribution in [1.82, 2.24) is 14.8 Å². The molecule has 6 nitrogen and oxygen atoms in total. The summed E-state index contributed by atoms with van der Waals surface area (Å²) in [4.78, 5) is 12.5. The van der Waals surface area contributed by atoms with Gasteiger partial charge in [-0.2, -0.15) is 0 Å². The number of para-hydroxylation sites is 2. The van der Waals surface area contributed by atoms with Gasteiger partial charge in [0.2, 0.25) is 5.91 Å². The van der Waals surface area contributed by atoms with E-state index in [1.807, 2.05) is 45.0 Å². The Morgan fingerprint density at radius 2 is 2.17 bits per heavy atom. The Bertz CT molecular complexity index is 727. The molecule has 1 aromatic heterocycles. The van der Waals surface area contributed by atoms with Crippen molar-refractivity contribution < 1.29 is 9.53 Å². The van der Waals surface area contributed by atoms with Crippen LogP contribution in [0.3, 0.4) is 0 Å². The summed E-state index contributed by atoms with van der Waals surface area (Å²) in [6, 6.07) is 7.96. The van der Waals surface area contributed by atoms with Gasteiger partial charge in [0, 0.05) is 6.04 Å². The molecule has 7 heteroatoms. The van der Waals surface area contributed by atoms with E-state index in [1.165, 1.54) is 11.8 Å². The molecule has 1 atom stereocenters. The number of rotatable bonds is 7. The van der Waals surface area contributed by atoms with Gasteiger partial charge in [0.05, 0.1) is 17.5 Å². The molecule has 1 aliphatic rings. The molecule has 1 aliphatic carbocycles. The number of ether oxygens (including phenoxy) is 1. The van der Waals surface area contributed by atoms with Crippen LogP contribution in [0, 0.1) is 6.92 Å². The van der Waals surface area contributed by atoms with Crippen LogP contribution in [0.25, 0.3) is 0 Å². The minimum Gasteiger partial charge on any atom is -0.492 e. The number of carbonyl (C=O) groups excluding carboxylic acids is 1. The van der Waals surface area contributed by atoms with E-state index in [1.54, 1.807) is 0 Å². The van der Waals surface area contributed by atoms with Gasteiger partial charge in [0.1, 0.15) is 11.6 Å². The second kappa shape index (κ2) is 7.25.